The van der Waals surface area contributed by atoms with Gasteiger partial charge >= 0.3 is 0 Å². The van der Waals surface area contributed by atoms with Crippen LogP contribution < -0.4 is 10.6 Å². The Morgan fingerprint density at radius 3 is 2.29 bits per heavy atom. The van der Waals surface area contributed by atoms with E-state index in [0.717, 1.165) is 4.90 Å². The van der Waals surface area contributed by atoms with Crippen LogP contribution in [0, 0.1) is 17.5 Å². The van der Waals surface area contributed by atoms with Crippen molar-refractivity contribution in [3.63, 3.8) is 0 Å². The van der Waals surface area contributed by atoms with E-state index in [2.05, 4.69) is 0 Å². The molecule has 0 aliphatic heterocycles. The van der Waals surface area contributed by atoms with Gasteiger partial charge in [-0.1, -0.05) is 11.6 Å². The van der Waals surface area contributed by atoms with E-state index in [-0.39, 0.29) is 11.4 Å². The molecule has 0 fully saturated rings. The summed E-state index contributed by atoms with van der Waals surface area (Å²) in [5.41, 5.74) is 5.24. The fourth-order valence-electron chi connectivity index (χ4n) is 1.83. The van der Waals surface area contributed by atoms with Crippen LogP contribution >= 0.6 is 11.6 Å². The molecule has 0 aromatic heterocycles. The van der Waals surface area contributed by atoms with Gasteiger partial charge in [0.25, 0.3) is 5.91 Å². The Bertz CT molecular complexity index is 698. The highest BCUT2D eigenvalue weighted by Gasteiger charge is 2.24. The van der Waals surface area contributed by atoms with Gasteiger partial charge in [0.15, 0.2) is 0 Å². The summed E-state index contributed by atoms with van der Waals surface area (Å²) in [5.74, 6) is -4.68. The number of anilines is 2. The molecular weight excluding hydrogens is 305 g/mol. The van der Waals surface area contributed by atoms with Gasteiger partial charge in [0, 0.05) is 24.2 Å². The number of nitrogen functional groups attached to an aromatic ring is 1. The first kappa shape index (κ1) is 15.2. The zero-order valence-corrected chi connectivity index (χ0v) is 11.6. The lowest BCUT2D eigenvalue weighted by Crippen LogP contribution is -2.29. The second-order valence-electron chi connectivity index (χ2n) is 4.31. The molecule has 0 bridgehead atoms. The number of nitrogens with zero attached hydrogens (tertiary/aromatic N) is 1. The second kappa shape index (κ2) is 5.65. The lowest BCUT2D eigenvalue weighted by Gasteiger charge is -2.20. The second-order valence-corrected chi connectivity index (χ2v) is 4.75. The predicted molar refractivity (Wildman–Crippen MR) is 74.9 cm³/mol. The number of carbonyl (C=O) groups excluding carboxylic acids is 1. The Morgan fingerprint density at radius 1 is 1.14 bits per heavy atom. The molecule has 2 aromatic rings. The average molecular weight is 315 g/mol. The van der Waals surface area contributed by atoms with Gasteiger partial charge in [-0.2, -0.15) is 0 Å². The van der Waals surface area contributed by atoms with Crippen LogP contribution in [0.2, 0.25) is 5.02 Å². The third kappa shape index (κ3) is 2.95. The maximum Gasteiger partial charge on any atom is 0.264 e. The third-order valence-electron chi connectivity index (χ3n) is 2.88. The van der Waals surface area contributed by atoms with E-state index in [0.29, 0.717) is 17.2 Å². The number of nitrogens with two attached hydrogens (primary N) is 1. The van der Waals surface area contributed by atoms with E-state index in [4.69, 9.17) is 17.3 Å². The molecule has 0 heterocycles. The smallest absolute Gasteiger partial charge is 0.264 e. The first-order chi connectivity index (χ1) is 9.81. The van der Waals surface area contributed by atoms with Gasteiger partial charge in [0.2, 0.25) is 0 Å². The monoisotopic (exact) mass is 314 g/mol. The SMILES string of the molecule is CN(C(=O)c1c(F)cc(F)cc1F)c1cc(Cl)ccc1N. The van der Waals surface area contributed by atoms with Crippen molar-refractivity contribution < 1.29 is 18.0 Å². The van der Waals surface area contributed by atoms with Crippen molar-refractivity contribution in [1.82, 2.24) is 0 Å². The Balaban J connectivity index is 2.47. The summed E-state index contributed by atoms with van der Waals surface area (Å²) < 4.78 is 40.1. The number of benzene rings is 2. The number of halogens is 4. The highest BCUT2D eigenvalue weighted by atomic mass is 35.5. The molecule has 0 aliphatic rings. The summed E-state index contributed by atoms with van der Waals surface area (Å²) in [6.45, 7) is 0. The number of hydrogen-bond donors (Lipinski definition) is 1. The van der Waals surface area contributed by atoms with Crippen LogP contribution in [-0.4, -0.2) is 13.0 Å². The van der Waals surface area contributed by atoms with Crippen molar-refractivity contribution in [1.29, 1.82) is 0 Å². The van der Waals surface area contributed by atoms with Crippen molar-refractivity contribution in [3.8, 4) is 0 Å². The molecule has 0 saturated carbocycles. The van der Waals surface area contributed by atoms with Gasteiger partial charge in [-0.05, 0) is 18.2 Å². The molecule has 2 aromatic carbocycles. The zero-order valence-electron chi connectivity index (χ0n) is 10.8. The van der Waals surface area contributed by atoms with Crippen LogP contribution in [0.25, 0.3) is 0 Å². The number of hydrogen-bond acceptors (Lipinski definition) is 2. The predicted octanol–water partition coefficient (Wildman–Crippen LogP) is 3.62. The van der Waals surface area contributed by atoms with E-state index in [1.807, 2.05) is 0 Å². The molecule has 1 amide bonds. The highest BCUT2D eigenvalue weighted by Crippen LogP contribution is 2.28. The maximum absolute atomic E-state index is 13.6. The largest absolute Gasteiger partial charge is 0.397 e. The molecule has 110 valence electrons. The third-order valence-corrected chi connectivity index (χ3v) is 3.11. The molecule has 2 N–H and O–H groups in total. The first-order valence-electron chi connectivity index (χ1n) is 5.79. The molecule has 0 atom stereocenters. The molecule has 3 nitrogen and oxygen atoms in total. The fraction of sp³-hybridized carbons (Fsp3) is 0.0714. The van der Waals surface area contributed by atoms with E-state index in [1.54, 1.807) is 0 Å². The summed E-state index contributed by atoms with van der Waals surface area (Å²) >= 11 is 5.80. The van der Waals surface area contributed by atoms with Crippen molar-refractivity contribution in [2.75, 3.05) is 17.7 Å². The molecule has 2 rings (SSSR count). The standard InChI is InChI=1S/C14H10ClF3N2O/c1-20(12-4-7(15)2-3-11(12)19)14(21)13-9(17)5-8(16)6-10(13)18/h2-6H,19H2,1H3. The topological polar surface area (TPSA) is 46.3 Å². The number of amides is 1. The van der Waals surface area contributed by atoms with E-state index in [9.17, 15) is 18.0 Å². The highest BCUT2D eigenvalue weighted by molar-refractivity contribution is 6.31. The van der Waals surface area contributed by atoms with E-state index in [1.165, 1.54) is 25.2 Å². The molecule has 21 heavy (non-hydrogen) atoms. The summed E-state index contributed by atoms with van der Waals surface area (Å²) in [5, 5.41) is 0.305. The average Bonchev–Trinajstić information content (AvgIpc) is 2.39. The number of carbonyl (C=O) groups is 1. The summed E-state index contributed by atoms with van der Waals surface area (Å²) in [7, 11) is 1.28. The summed E-state index contributed by atoms with van der Waals surface area (Å²) in [4.78, 5) is 13.1. The minimum atomic E-state index is -1.29. The lowest BCUT2D eigenvalue weighted by molar-refractivity contribution is 0.0985. The summed E-state index contributed by atoms with van der Waals surface area (Å²) in [6, 6.07) is 5.22. The summed E-state index contributed by atoms with van der Waals surface area (Å²) in [6.07, 6.45) is 0. The van der Waals surface area contributed by atoms with Crippen LogP contribution in [-0.2, 0) is 0 Å². The van der Waals surface area contributed by atoms with Crippen LogP contribution in [0.15, 0.2) is 30.3 Å². The van der Waals surface area contributed by atoms with E-state index < -0.39 is 28.9 Å². The zero-order chi connectivity index (χ0) is 15.7. The Kier molecular flexibility index (Phi) is 4.09. The molecule has 0 radical (unpaired) electrons. The van der Waals surface area contributed by atoms with Gasteiger partial charge in [-0.25, -0.2) is 13.2 Å². The Labute approximate surface area is 123 Å². The van der Waals surface area contributed by atoms with Crippen LogP contribution in [0.4, 0.5) is 24.5 Å². The quantitative estimate of drug-likeness (QED) is 0.861. The Hall–Kier alpha value is -2.21. The van der Waals surface area contributed by atoms with Crippen molar-refractivity contribution in [3.05, 3.63) is 58.4 Å². The first-order valence-corrected chi connectivity index (χ1v) is 6.16. The maximum atomic E-state index is 13.6. The van der Waals surface area contributed by atoms with Crippen molar-refractivity contribution in [2.45, 2.75) is 0 Å². The minimum absolute atomic E-state index is 0.190. The van der Waals surface area contributed by atoms with Gasteiger partial charge < -0.3 is 10.6 Å². The van der Waals surface area contributed by atoms with Gasteiger partial charge in [-0.3, -0.25) is 4.79 Å². The normalized spacial score (nSPS) is 10.5. The molecule has 0 spiro atoms. The van der Waals surface area contributed by atoms with Crippen LogP contribution in [0.1, 0.15) is 10.4 Å². The minimum Gasteiger partial charge on any atom is -0.397 e. The molecule has 0 unspecified atom stereocenters. The molecular formula is C14H10ClF3N2O. The fourth-order valence-corrected chi connectivity index (χ4v) is 2.00. The van der Waals surface area contributed by atoms with Gasteiger partial charge in [0.05, 0.1) is 11.4 Å². The van der Waals surface area contributed by atoms with Crippen molar-refractivity contribution >= 4 is 28.9 Å². The van der Waals surface area contributed by atoms with E-state index >= 15 is 0 Å². The lowest BCUT2D eigenvalue weighted by atomic mass is 10.1. The van der Waals surface area contributed by atoms with Gasteiger partial charge in [-0.15, -0.1) is 0 Å². The molecule has 0 saturated heterocycles. The van der Waals surface area contributed by atoms with Crippen LogP contribution in [0.5, 0.6) is 0 Å². The number of rotatable bonds is 2. The Morgan fingerprint density at radius 2 is 1.71 bits per heavy atom. The molecule has 7 heteroatoms. The molecule has 0 aliphatic carbocycles. The van der Waals surface area contributed by atoms with Crippen molar-refractivity contribution in [2.24, 2.45) is 0 Å². The van der Waals surface area contributed by atoms with Crippen LogP contribution in [0.3, 0.4) is 0 Å². The van der Waals surface area contributed by atoms with Gasteiger partial charge in [0.1, 0.15) is 23.0 Å².